The first-order valence-corrected chi connectivity index (χ1v) is 8.06. The Labute approximate surface area is 127 Å². The van der Waals surface area contributed by atoms with E-state index in [9.17, 15) is 4.79 Å². The zero-order valence-electron chi connectivity index (χ0n) is 12.4. The van der Waals surface area contributed by atoms with Gasteiger partial charge in [0.25, 0.3) is 5.56 Å². The zero-order valence-corrected chi connectivity index (χ0v) is 12.4. The molecule has 0 N–H and O–H groups in total. The summed E-state index contributed by atoms with van der Waals surface area (Å²) in [4.78, 5) is 15.5. The summed E-state index contributed by atoms with van der Waals surface area (Å²) in [5, 5.41) is 1.66. The molecule has 0 unspecified atom stereocenters. The van der Waals surface area contributed by atoms with Gasteiger partial charge in [0.2, 0.25) is 0 Å². The van der Waals surface area contributed by atoms with E-state index in [-0.39, 0.29) is 5.56 Å². The number of hydrogen-bond donors (Lipinski definition) is 0. The normalized spacial score (nSPS) is 27.7. The number of piperidine rings is 3. The molecule has 112 valence electrons. The maximum Gasteiger partial charge on any atom is 0.262 e. The molecular weight excluding hydrogens is 276 g/mol. The minimum atomic E-state index is 0.0983. The highest BCUT2D eigenvalue weighted by Crippen LogP contribution is 2.35. The SMILES string of the molecule is O=c1c2c(ccn1[C@H]1CN3CCC1CC3)oc1ccccc12. The molecule has 22 heavy (non-hydrogen) atoms. The Kier molecular flexibility index (Phi) is 2.53. The van der Waals surface area contributed by atoms with Crippen LogP contribution in [0.25, 0.3) is 21.9 Å². The van der Waals surface area contributed by atoms with Gasteiger partial charge in [0.15, 0.2) is 0 Å². The third kappa shape index (κ3) is 1.64. The molecule has 3 aliphatic rings. The molecule has 0 radical (unpaired) electrons. The molecule has 0 aliphatic carbocycles. The van der Waals surface area contributed by atoms with Gasteiger partial charge < -0.3 is 13.9 Å². The second-order valence-corrected chi connectivity index (χ2v) is 6.57. The highest BCUT2D eigenvalue weighted by atomic mass is 16.3. The Bertz CT molecular complexity index is 916. The van der Waals surface area contributed by atoms with Gasteiger partial charge in [0.05, 0.1) is 11.4 Å². The predicted octanol–water partition coefficient (Wildman–Crippen LogP) is 3.01. The van der Waals surface area contributed by atoms with Crippen molar-refractivity contribution in [3.63, 3.8) is 0 Å². The summed E-state index contributed by atoms with van der Waals surface area (Å²) in [5.41, 5.74) is 1.59. The van der Waals surface area contributed by atoms with Gasteiger partial charge in [-0.1, -0.05) is 18.2 Å². The standard InChI is InChI=1S/C18H18N2O2/c21-18-17-13-3-1-2-4-15(13)22-16(17)7-10-20(18)14-11-19-8-5-12(14)6-9-19/h1-4,7,10,12,14H,5-6,8-9,11H2/t14-/m0/s1. The summed E-state index contributed by atoms with van der Waals surface area (Å²) < 4.78 is 7.77. The number of hydrogen-bond acceptors (Lipinski definition) is 3. The molecule has 6 rings (SSSR count). The van der Waals surface area contributed by atoms with Gasteiger partial charge in [-0.25, -0.2) is 0 Å². The molecule has 4 heteroatoms. The maximum absolute atomic E-state index is 13.1. The Morgan fingerprint density at radius 3 is 2.64 bits per heavy atom. The summed E-state index contributed by atoms with van der Waals surface area (Å²) in [6.45, 7) is 3.38. The van der Waals surface area contributed by atoms with Crippen LogP contribution in [0.1, 0.15) is 18.9 Å². The fraction of sp³-hybridized carbons (Fsp3) is 0.389. The third-order valence-corrected chi connectivity index (χ3v) is 5.44. The van der Waals surface area contributed by atoms with Crippen molar-refractivity contribution in [3.8, 4) is 0 Å². The van der Waals surface area contributed by atoms with Crippen LogP contribution in [-0.4, -0.2) is 29.1 Å². The third-order valence-electron chi connectivity index (χ3n) is 5.44. The Morgan fingerprint density at radius 2 is 1.86 bits per heavy atom. The van der Waals surface area contributed by atoms with Crippen molar-refractivity contribution < 1.29 is 4.42 Å². The van der Waals surface area contributed by atoms with E-state index in [1.807, 2.05) is 41.1 Å². The van der Waals surface area contributed by atoms with E-state index in [0.717, 1.165) is 22.9 Å². The summed E-state index contributed by atoms with van der Waals surface area (Å²) in [6, 6.07) is 10.1. The fourth-order valence-corrected chi connectivity index (χ4v) is 4.26. The minimum absolute atomic E-state index is 0.0983. The number of pyridine rings is 1. The first-order valence-electron chi connectivity index (χ1n) is 8.06. The lowest BCUT2D eigenvalue weighted by molar-refractivity contribution is 0.0556. The molecule has 0 spiro atoms. The molecule has 2 bridgehead atoms. The average molecular weight is 294 g/mol. The van der Waals surface area contributed by atoms with E-state index in [4.69, 9.17) is 4.42 Å². The Hall–Kier alpha value is -2.07. The molecule has 0 saturated carbocycles. The Morgan fingerprint density at radius 1 is 1.05 bits per heavy atom. The lowest BCUT2D eigenvalue weighted by atomic mass is 9.84. The van der Waals surface area contributed by atoms with E-state index in [1.54, 1.807) is 0 Å². The summed E-state index contributed by atoms with van der Waals surface area (Å²) >= 11 is 0. The van der Waals surface area contributed by atoms with E-state index < -0.39 is 0 Å². The van der Waals surface area contributed by atoms with E-state index in [2.05, 4.69) is 4.90 Å². The fourth-order valence-electron chi connectivity index (χ4n) is 4.26. The molecule has 3 saturated heterocycles. The molecule has 0 amide bonds. The molecule has 1 aromatic carbocycles. The molecular formula is C18H18N2O2. The quantitative estimate of drug-likeness (QED) is 0.692. The van der Waals surface area contributed by atoms with Gasteiger partial charge in [-0.2, -0.15) is 0 Å². The monoisotopic (exact) mass is 294 g/mol. The van der Waals surface area contributed by atoms with Crippen molar-refractivity contribution in [2.75, 3.05) is 19.6 Å². The van der Waals surface area contributed by atoms with Crippen LogP contribution in [0, 0.1) is 5.92 Å². The first-order chi connectivity index (χ1) is 10.8. The first kappa shape index (κ1) is 12.5. The summed E-state index contributed by atoms with van der Waals surface area (Å²) in [6.07, 6.45) is 4.35. The van der Waals surface area contributed by atoms with E-state index in [0.29, 0.717) is 17.5 Å². The minimum Gasteiger partial charge on any atom is -0.456 e. The number of rotatable bonds is 1. The lowest BCUT2D eigenvalue weighted by Crippen LogP contribution is -2.49. The van der Waals surface area contributed by atoms with Crippen LogP contribution >= 0.6 is 0 Å². The largest absolute Gasteiger partial charge is 0.456 e. The second kappa shape index (κ2) is 4.46. The molecule has 5 heterocycles. The predicted molar refractivity (Wildman–Crippen MR) is 86.2 cm³/mol. The van der Waals surface area contributed by atoms with E-state index in [1.165, 1.54) is 25.9 Å². The molecule has 2 aromatic heterocycles. The molecule has 3 aromatic rings. The average Bonchev–Trinajstić information content (AvgIpc) is 2.95. The van der Waals surface area contributed by atoms with Crippen molar-refractivity contribution in [1.29, 1.82) is 0 Å². The Balaban J connectivity index is 1.73. The summed E-state index contributed by atoms with van der Waals surface area (Å²) in [7, 11) is 0. The van der Waals surface area contributed by atoms with Crippen LogP contribution in [0.15, 0.2) is 45.7 Å². The van der Waals surface area contributed by atoms with Crippen molar-refractivity contribution in [1.82, 2.24) is 9.47 Å². The smallest absolute Gasteiger partial charge is 0.262 e. The van der Waals surface area contributed by atoms with Crippen LogP contribution in [-0.2, 0) is 0 Å². The van der Waals surface area contributed by atoms with Gasteiger partial charge in [0.1, 0.15) is 11.2 Å². The number of nitrogens with zero attached hydrogens (tertiary/aromatic N) is 2. The van der Waals surface area contributed by atoms with Crippen LogP contribution in [0.4, 0.5) is 0 Å². The van der Waals surface area contributed by atoms with Crippen LogP contribution in [0.5, 0.6) is 0 Å². The van der Waals surface area contributed by atoms with E-state index >= 15 is 0 Å². The van der Waals surface area contributed by atoms with Crippen molar-refractivity contribution in [3.05, 3.63) is 46.9 Å². The topological polar surface area (TPSA) is 38.4 Å². The van der Waals surface area contributed by atoms with Crippen LogP contribution < -0.4 is 5.56 Å². The highest BCUT2D eigenvalue weighted by Gasteiger charge is 2.35. The van der Waals surface area contributed by atoms with Gasteiger partial charge in [0, 0.05) is 18.1 Å². The zero-order chi connectivity index (χ0) is 14.7. The molecule has 3 fully saturated rings. The van der Waals surface area contributed by atoms with Gasteiger partial charge in [-0.05, 0) is 44.0 Å². The lowest BCUT2D eigenvalue weighted by Gasteiger charge is -2.45. The number of aromatic nitrogens is 1. The van der Waals surface area contributed by atoms with Gasteiger partial charge in [-0.3, -0.25) is 4.79 Å². The van der Waals surface area contributed by atoms with Gasteiger partial charge >= 0.3 is 0 Å². The number of fused-ring (bicyclic) bond motifs is 6. The van der Waals surface area contributed by atoms with Crippen LogP contribution in [0.2, 0.25) is 0 Å². The van der Waals surface area contributed by atoms with Crippen LogP contribution in [0.3, 0.4) is 0 Å². The van der Waals surface area contributed by atoms with Gasteiger partial charge in [-0.15, -0.1) is 0 Å². The maximum atomic E-state index is 13.1. The molecule has 1 atom stereocenters. The molecule has 4 nitrogen and oxygen atoms in total. The van der Waals surface area contributed by atoms with Crippen molar-refractivity contribution in [2.24, 2.45) is 5.92 Å². The highest BCUT2D eigenvalue weighted by molar-refractivity contribution is 6.04. The number of furan rings is 1. The van der Waals surface area contributed by atoms with Crippen molar-refractivity contribution >= 4 is 21.9 Å². The number of para-hydroxylation sites is 1. The summed E-state index contributed by atoms with van der Waals surface area (Å²) in [5.74, 6) is 0.637. The van der Waals surface area contributed by atoms with Crippen molar-refractivity contribution in [2.45, 2.75) is 18.9 Å². The number of benzene rings is 1. The molecule has 3 aliphatic heterocycles. The second-order valence-electron chi connectivity index (χ2n) is 6.57.